The summed E-state index contributed by atoms with van der Waals surface area (Å²) in [4.78, 5) is 24.1. The summed E-state index contributed by atoms with van der Waals surface area (Å²) in [6, 6.07) is 6.72. The Hall–Kier alpha value is -2.22. The fraction of sp³-hybridized carbons (Fsp3) is 0.125. The molecular formula is C16H16O2. The Morgan fingerprint density at radius 2 is 1.56 bits per heavy atom. The van der Waals surface area contributed by atoms with Crippen LogP contribution in [0.4, 0.5) is 0 Å². The molecule has 0 aliphatic carbocycles. The molecule has 92 valence electrons. The highest BCUT2D eigenvalue weighted by atomic mass is 16.1. The summed E-state index contributed by atoms with van der Waals surface area (Å²) < 4.78 is 0. The fourth-order valence-corrected chi connectivity index (χ4v) is 1.56. The molecular weight excluding hydrogens is 224 g/mol. The van der Waals surface area contributed by atoms with E-state index >= 15 is 0 Å². The lowest BCUT2D eigenvalue weighted by atomic mass is 9.94. The summed E-state index contributed by atoms with van der Waals surface area (Å²) in [5, 5.41) is 0. The van der Waals surface area contributed by atoms with Gasteiger partial charge in [0, 0.05) is 16.7 Å². The number of allylic oxidation sites excluding steroid dienone is 4. The van der Waals surface area contributed by atoms with Gasteiger partial charge in [-0.1, -0.05) is 49.6 Å². The molecule has 0 atom stereocenters. The molecule has 1 rings (SSSR count). The van der Waals surface area contributed by atoms with Crippen LogP contribution in [0.2, 0.25) is 0 Å². The average molecular weight is 240 g/mol. The molecule has 0 unspecified atom stereocenters. The Morgan fingerprint density at radius 1 is 1.06 bits per heavy atom. The Kier molecular flexibility index (Phi) is 4.55. The summed E-state index contributed by atoms with van der Waals surface area (Å²) in [7, 11) is 0. The van der Waals surface area contributed by atoms with Gasteiger partial charge in [0.15, 0.2) is 11.6 Å². The number of carbonyl (C=O) groups is 2. The second-order valence-corrected chi connectivity index (χ2v) is 4.01. The van der Waals surface area contributed by atoms with Gasteiger partial charge < -0.3 is 0 Å². The van der Waals surface area contributed by atoms with Gasteiger partial charge in [-0.2, -0.15) is 0 Å². The number of hydrogen-bond acceptors (Lipinski definition) is 2. The van der Waals surface area contributed by atoms with Crippen molar-refractivity contribution in [1.29, 1.82) is 0 Å². The minimum Gasteiger partial charge on any atom is -0.289 e. The molecule has 0 radical (unpaired) electrons. The molecule has 0 aliphatic rings. The second-order valence-electron chi connectivity index (χ2n) is 4.01. The third kappa shape index (κ3) is 2.92. The van der Waals surface area contributed by atoms with Crippen LogP contribution in [-0.2, 0) is 0 Å². The van der Waals surface area contributed by atoms with Crippen LogP contribution in [0.5, 0.6) is 0 Å². The zero-order valence-corrected chi connectivity index (χ0v) is 10.7. The van der Waals surface area contributed by atoms with Gasteiger partial charge >= 0.3 is 0 Å². The lowest BCUT2D eigenvalue weighted by Crippen LogP contribution is -2.10. The van der Waals surface area contributed by atoms with E-state index in [0.29, 0.717) is 22.3 Å². The summed E-state index contributed by atoms with van der Waals surface area (Å²) in [5.41, 5.74) is 1.51. The zero-order valence-electron chi connectivity index (χ0n) is 10.7. The SMILES string of the molecule is C=C(C)C(=O)c1ccccc1C(=O)C(=C)/C=C\C. The van der Waals surface area contributed by atoms with E-state index in [4.69, 9.17) is 0 Å². The first-order valence-corrected chi connectivity index (χ1v) is 5.64. The summed E-state index contributed by atoms with van der Waals surface area (Å²) in [5.74, 6) is -0.453. The minimum atomic E-state index is -0.238. The molecule has 0 spiro atoms. The molecule has 0 amide bonds. The first-order chi connectivity index (χ1) is 8.49. The average Bonchev–Trinajstić information content (AvgIpc) is 2.37. The van der Waals surface area contributed by atoms with Gasteiger partial charge in [0.2, 0.25) is 0 Å². The Balaban J connectivity index is 3.26. The van der Waals surface area contributed by atoms with Gasteiger partial charge in [-0.3, -0.25) is 9.59 Å². The quantitative estimate of drug-likeness (QED) is 0.446. The molecule has 0 saturated heterocycles. The molecule has 0 fully saturated rings. The highest BCUT2D eigenvalue weighted by Gasteiger charge is 2.17. The lowest BCUT2D eigenvalue weighted by molar-refractivity contribution is 0.100. The molecule has 0 aromatic heterocycles. The topological polar surface area (TPSA) is 34.1 Å². The maximum Gasteiger partial charge on any atom is 0.193 e. The molecule has 0 heterocycles. The van der Waals surface area contributed by atoms with Crippen molar-refractivity contribution in [3.05, 3.63) is 71.8 Å². The monoisotopic (exact) mass is 240 g/mol. The highest BCUT2D eigenvalue weighted by Crippen LogP contribution is 2.17. The summed E-state index contributed by atoms with van der Waals surface area (Å²) in [6.45, 7) is 10.8. The van der Waals surface area contributed by atoms with E-state index < -0.39 is 0 Å². The van der Waals surface area contributed by atoms with Crippen LogP contribution in [0.25, 0.3) is 0 Å². The van der Waals surface area contributed by atoms with Crippen molar-refractivity contribution in [3.8, 4) is 0 Å². The number of hydrogen-bond donors (Lipinski definition) is 0. The van der Waals surface area contributed by atoms with Crippen LogP contribution >= 0.6 is 0 Å². The number of carbonyl (C=O) groups excluding carboxylic acids is 2. The third-order valence-corrected chi connectivity index (χ3v) is 2.46. The van der Waals surface area contributed by atoms with Crippen molar-refractivity contribution < 1.29 is 9.59 Å². The second kappa shape index (κ2) is 5.92. The normalized spacial score (nSPS) is 10.3. The van der Waals surface area contributed by atoms with Crippen molar-refractivity contribution in [2.75, 3.05) is 0 Å². The van der Waals surface area contributed by atoms with Crippen molar-refractivity contribution in [3.63, 3.8) is 0 Å². The van der Waals surface area contributed by atoms with E-state index in [1.165, 1.54) is 0 Å². The number of ketones is 2. The molecule has 0 saturated carbocycles. The maximum absolute atomic E-state index is 12.1. The van der Waals surface area contributed by atoms with E-state index in [1.807, 2.05) is 6.92 Å². The van der Waals surface area contributed by atoms with E-state index in [9.17, 15) is 9.59 Å². The Bertz CT molecular complexity index is 548. The lowest BCUT2D eigenvalue weighted by Gasteiger charge is -2.07. The maximum atomic E-state index is 12.1. The van der Waals surface area contributed by atoms with Crippen molar-refractivity contribution in [2.45, 2.75) is 13.8 Å². The third-order valence-electron chi connectivity index (χ3n) is 2.46. The van der Waals surface area contributed by atoms with Crippen molar-refractivity contribution in [2.24, 2.45) is 0 Å². The van der Waals surface area contributed by atoms with Gasteiger partial charge in [-0.15, -0.1) is 0 Å². The largest absolute Gasteiger partial charge is 0.289 e. The number of Topliss-reactive ketones (excluding diaryl/α,β-unsaturated/α-hetero) is 2. The predicted octanol–water partition coefficient (Wildman–Crippen LogP) is 3.76. The Labute approximate surface area is 107 Å². The molecule has 1 aromatic rings. The van der Waals surface area contributed by atoms with E-state index in [2.05, 4.69) is 13.2 Å². The predicted molar refractivity (Wildman–Crippen MR) is 73.9 cm³/mol. The van der Waals surface area contributed by atoms with Crippen LogP contribution in [0, 0.1) is 0 Å². The smallest absolute Gasteiger partial charge is 0.193 e. The fourth-order valence-electron chi connectivity index (χ4n) is 1.56. The number of rotatable bonds is 5. The van der Waals surface area contributed by atoms with Crippen LogP contribution in [-0.4, -0.2) is 11.6 Å². The van der Waals surface area contributed by atoms with Gasteiger partial charge in [0.1, 0.15) is 0 Å². The van der Waals surface area contributed by atoms with Crippen molar-refractivity contribution in [1.82, 2.24) is 0 Å². The zero-order chi connectivity index (χ0) is 13.7. The van der Waals surface area contributed by atoms with Crippen LogP contribution in [0.3, 0.4) is 0 Å². The van der Waals surface area contributed by atoms with E-state index in [1.54, 1.807) is 43.3 Å². The first kappa shape index (κ1) is 13.8. The van der Waals surface area contributed by atoms with Crippen LogP contribution in [0.1, 0.15) is 34.6 Å². The Morgan fingerprint density at radius 3 is 2.00 bits per heavy atom. The standard InChI is InChI=1S/C16H16O2/c1-5-8-12(4)16(18)14-10-7-6-9-13(14)15(17)11(2)3/h5-10H,2,4H2,1,3H3/b8-5-. The number of benzene rings is 1. The van der Waals surface area contributed by atoms with Gasteiger partial charge in [0.25, 0.3) is 0 Å². The van der Waals surface area contributed by atoms with Crippen LogP contribution < -0.4 is 0 Å². The molecule has 0 bridgehead atoms. The van der Waals surface area contributed by atoms with Gasteiger partial charge in [-0.25, -0.2) is 0 Å². The van der Waals surface area contributed by atoms with E-state index in [0.717, 1.165) is 0 Å². The molecule has 0 N–H and O–H groups in total. The van der Waals surface area contributed by atoms with Gasteiger partial charge in [0.05, 0.1) is 0 Å². The summed E-state index contributed by atoms with van der Waals surface area (Å²) in [6.07, 6.45) is 3.37. The highest BCUT2D eigenvalue weighted by molar-refractivity contribution is 6.19. The molecule has 2 nitrogen and oxygen atoms in total. The molecule has 0 aliphatic heterocycles. The molecule has 18 heavy (non-hydrogen) atoms. The van der Waals surface area contributed by atoms with Crippen molar-refractivity contribution >= 4 is 11.6 Å². The van der Waals surface area contributed by atoms with Crippen LogP contribution in [0.15, 0.2) is 60.7 Å². The van der Waals surface area contributed by atoms with E-state index in [-0.39, 0.29) is 11.6 Å². The molecule has 2 heteroatoms. The molecule has 1 aromatic carbocycles. The summed E-state index contributed by atoms with van der Waals surface area (Å²) >= 11 is 0. The first-order valence-electron chi connectivity index (χ1n) is 5.64. The van der Waals surface area contributed by atoms with Gasteiger partial charge in [-0.05, 0) is 19.4 Å². The minimum absolute atomic E-state index is 0.216.